The molecule has 1 atom stereocenters. The molecule has 1 aliphatic rings. The fourth-order valence-corrected chi connectivity index (χ4v) is 3.59. The van der Waals surface area contributed by atoms with E-state index >= 15 is 0 Å². The number of aliphatic hydroxyl groups excluding tert-OH is 1. The Morgan fingerprint density at radius 1 is 1.38 bits per heavy atom. The van der Waals surface area contributed by atoms with E-state index in [-0.39, 0.29) is 16.7 Å². The van der Waals surface area contributed by atoms with Crippen LogP contribution in [-0.4, -0.2) is 40.4 Å². The number of aliphatic hydroxyl groups is 1. The van der Waals surface area contributed by atoms with Crippen LogP contribution in [0.15, 0.2) is 12.3 Å². The lowest BCUT2D eigenvalue weighted by atomic mass is 10.0. The number of hydrogen-bond donors (Lipinski definition) is 1. The van der Waals surface area contributed by atoms with Gasteiger partial charge in [0.1, 0.15) is 16.4 Å². The van der Waals surface area contributed by atoms with Crippen molar-refractivity contribution in [1.29, 1.82) is 0 Å². The quantitative estimate of drug-likeness (QED) is 0.814. The molecular formula is C18H20Cl2N2O4. The molecule has 1 amide bonds. The molecule has 0 saturated heterocycles. The Morgan fingerprint density at radius 2 is 2.08 bits per heavy atom. The van der Waals surface area contributed by atoms with Gasteiger partial charge in [-0.05, 0) is 38.0 Å². The third-order valence-corrected chi connectivity index (χ3v) is 5.04. The van der Waals surface area contributed by atoms with Gasteiger partial charge in [0.25, 0.3) is 0 Å². The van der Waals surface area contributed by atoms with Crippen LogP contribution in [0.1, 0.15) is 37.9 Å². The van der Waals surface area contributed by atoms with Gasteiger partial charge < -0.3 is 14.6 Å². The zero-order chi connectivity index (χ0) is 19.2. The minimum atomic E-state index is -0.633. The van der Waals surface area contributed by atoms with Crippen molar-refractivity contribution >= 4 is 40.2 Å². The molecule has 1 N–H and O–H groups in total. The molecule has 8 heteroatoms. The van der Waals surface area contributed by atoms with E-state index in [4.69, 9.17) is 32.7 Å². The molecule has 3 rings (SSSR count). The maximum Gasteiger partial charge on any atom is 0.411 e. The molecule has 1 aliphatic heterocycles. The number of hydrogen-bond acceptors (Lipinski definition) is 5. The highest BCUT2D eigenvalue weighted by Gasteiger charge is 2.37. The first-order valence-corrected chi connectivity index (χ1v) is 8.87. The Kier molecular flexibility index (Phi) is 4.94. The van der Waals surface area contributed by atoms with Gasteiger partial charge in [0.2, 0.25) is 0 Å². The molecule has 1 aromatic carbocycles. The SMILES string of the molecule is COc1cc2c3c(cnc2c(Cl)c1Cl)CN(C(=O)OC(C)(C)C)C3CO. The number of benzene rings is 1. The minimum Gasteiger partial charge on any atom is -0.495 e. The highest BCUT2D eigenvalue weighted by molar-refractivity contribution is 6.46. The van der Waals surface area contributed by atoms with E-state index in [1.165, 1.54) is 12.0 Å². The number of halogens is 2. The summed E-state index contributed by atoms with van der Waals surface area (Å²) in [4.78, 5) is 18.5. The Bertz CT molecular complexity index is 880. The summed E-state index contributed by atoms with van der Waals surface area (Å²) in [5.74, 6) is 0.409. The van der Waals surface area contributed by atoms with E-state index in [2.05, 4.69) is 4.98 Å². The van der Waals surface area contributed by atoms with Crippen molar-refractivity contribution < 1.29 is 19.4 Å². The van der Waals surface area contributed by atoms with Gasteiger partial charge in [-0.3, -0.25) is 9.88 Å². The average molecular weight is 399 g/mol. The van der Waals surface area contributed by atoms with Crippen molar-refractivity contribution in [3.8, 4) is 5.75 Å². The summed E-state index contributed by atoms with van der Waals surface area (Å²) in [7, 11) is 1.50. The van der Waals surface area contributed by atoms with Gasteiger partial charge in [0.15, 0.2) is 0 Å². The van der Waals surface area contributed by atoms with Crippen LogP contribution >= 0.6 is 23.2 Å². The molecular weight excluding hydrogens is 379 g/mol. The highest BCUT2D eigenvalue weighted by atomic mass is 35.5. The largest absolute Gasteiger partial charge is 0.495 e. The molecule has 1 aromatic heterocycles. The Morgan fingerprint density at radius 3 is 2.65 bits per heavy atom. The standard InChI is InChI=1S/C18H20Cl2N2O4/c1-18(2,3)26-17(24)22-7-9-6-21-16-10(13(9)11(22)8-23)5-12(25-4)14(19)15(16)20/h5-6,11,23H,7-8H2,1-4H3. The molecule has 0 radical (unpaired) electrons. The Balaban J connectivity index is 2.13. The second-order valence-electron chi connectivity index (χ2n) is 7.11. The van der Waals surface area contributed by atoms with Gasteiger partial charge in [-0.1, -0.05) is 23.2 Å². The smallest absolute Gasteiger partial charge is 0.411 e. The average Bonchev–Trinajstić information content (AvgIpc) is 2.95. The van der Waals surface area contributed by atoms with Crippen LogP contribution in [0.4, 0.5) is 4.79 Å². The molecule has 0 spiro atoms. The number of aromatic nitrogens is 1. The van der Waals surface area contributed by atoms with Crippen molar-refractivity contribution in [3.63, 3.8) is 0 Å². The number of rotatable bonds is 2. The fourth-order valence-electron chi connectivity index (χ4n) is 3.13. The molecule has 0 saturated carbocycles. The number of ether oxygens (including phenoxy) is 2. The molecule has 2 aromatic rings. The highest BCUT2D eigenvalue weighted by Crippen LogP contribution is 2.44. The third kappa shape index (κ3) is 3.17. The van der Waals surface area contributed by atoms with Gasteiger partial charge in [-0.25, -0.2) is 4.79 Å². The molecule has 140 valence electrons. The molecule has 26 heavy (non-hydrogen) atoms. The van der Waals surface area contributed by atoms with Crippen molar-refractivity contribution in [2.45, 2.75) is 39.0 Å². The number of methoxy groups -OCH3 is 1. The first-order chi connectivity index (χ1) is 12.2. The predicted molar refractivity (Wildman–Crippen MR) is 99.9 cm³/mol. The summed E-state index contributed by atoms with van der Waals surface area (Å²) in [5, 5.41) is 11.2. The van der Waals surface area contributed by atoms with Gasteiger partial charge in [0, 0.05) is 11.6 Å². The normalized spacial score (nSPS) is 16.7. The van der Waals surface area contributed by atoms with Crippen molar-refractivity contribution in [1.82, 2.24) is 9.88 Å². The summed E-state index contributed by atoms with van der Waals surface area (Å²) >= 11 is 12.6. The number of carbonyl (C=O) groups excluding carboxylic acids is 1. The Labute approximate surface area is 161 Å². The van der Waals surface area contributed by atoms with Gasteiger partial charge in [-0.2, -0.15) is 0 Å². The van der Waals surface area contributed by atoms with E-state index in [0.717, 1.165) is 11.1 Å². The van der Waals surface area contributed by atoms with E-state index in [1.807, 2.05) is 0 Å². The number of nitrogens with zero attached hydrogens (tertiary/aromatic N) is 2. The summed E-state index contributed by atoms with van der Waals surface area (Å²) in [6.45, 7) is 5.43. The molecule has 2 heterocycles. The van der Waals surface area contributed by atoms with Gasteiger partial charge in [-0.15, -0.1) is 0 Å². The summed E-state index contributed by atoms with van der Waals surface area (Å²) in [6.07, 6.45) is 1.16. The van der Waals surface area contributed by atoms with Gasteiger partial charge in [0.05, 0.1) is 36.8 Å². The fraction of sp³-hybridized carbons (Fsp3) is 0.444. The lowest BCUT2D eigenvalue weighted by Gasteiger charge is -2.28. The van der Waals surface area contributed by atoms with E-state index in [1.54, 1.807) is 33.0 Å². The van der Waals surface area contributed by atoms with Crippen LogP contribution < -0.4 is 4.74 Å². The maximum absolute atomic E-state index is 12.6. The van der Waals surface area contributed by atoms with Gasteiger partial charge >= 0.3 is 6.09 Å². The maximum atomic E-state index is 12.6. The van der Waals surface area contributed by atoms with Crippen molar-refractivity contribution in [3.05, 3.63) is 33.4 Å². The summed E-state index contributed by atoms with van der Waals surface area (Å²) in [5.41, 5.74) is 1.47. The van der Waals surface area contributed by atoms with Crippen LogP contribution in [0.25, 0.3) is 10.9 Å². The zero-order valence-corrected chi connectivity index (χ0v) is 16.5. The van der Waals surface area contributed by atoms with E-state index < -0.39 is 17.7 Å². The number of pyridine rings is 1. The summed E-state index contributed by atoms with van der Waals surface area (Å²) < 4.78 is 10.8. The molecule has 1 unspecified atom stereocenters. The minimum absolute atomic E-state index is 0.256. The van der Waals surface area contributed by atoms with Crippen LogP contribution in [0, 0.1) is 0 Å². The predicted octanol–water partition coefficient (Wildman–Crippen LogP) is 4.33. The van der Waals surface area contributed by atoms with E-state index in [9.17, 15) is 9.90 Å². The molecule has 0 bridgehead atoms. The number of fused-ring (bicyclic) bond motifs is 3. The van der Waals surface area contributed by atoms with E-state index in [0.29, 0.717) is 23.2 Å². The zero-order valence-electron chi connectivity index (χ0n) is 15.0. The van der Waals surface area contributed by atoms with Crippen LogP contribution in [0.3, 0.4) is 0 Å². The van der Waals surface area contributed by atoms with Crippen molar-refractivity contribution in [2.75, 3.05) is 13.7 Å². The molecule has 0 fully saturated rings. The molecule has 6 nitrogen and oxygen atoms in total. The Hall–Kier alpha value is -1.76. The first-order valence-electron chi connectivity index (χ1n) is 8.12. The second-order valence-corrected chi connectivity index (χ2v) is 7.86. The lowest BCUT2D eigenvalue weighted by molar-refractivity contribution is 0.0112. The van der Waals surface area contributed by atoms with Crippen LogP contribution in [0.2, 0.25) is 10.0 Å². The van der Waals surface area contributed by atoms with Crippen LogP contribution in [-0.2, 0) is 11.3 Å². The lowest BCUT2D eigenvalue weighted by Crippen LogP contribution is -2.36. The monoisotopic (exact) mass is 398 g/mol. The molecule has 0 aliphatic carbocycles. The second kappa shape index (κ2) is 6.76. The van der Waals surface area contributed by atoms with Crippen molar-refractivity contribution in [2.24, 2.45) is 0 Å². The van der Waals surface area contributed by atoms with Crippen LogP contribution in [0.5, 0.6) is 5.75 Å². The number of carbonyl (C=O) groups is 1. The number of amides is 1. The first kappa shape index (κ1) is 19.0. The summed E-state index contributed by atoms with van der Waals surface area (Å²) in [6, 6.07) is 1.17. The third-order valence-electron chi connectivity index (χ3n) is 4.20. The topological polar surface area (TPSA) is 71.9 Å².